The summed E-state index contributed by atoms with van der Waals surface area (Å²) < 4.78 is 0. The molecular weight excluding hydrogens is 254 g/mol. The summed E-state index contributed by atoms with van der Waals surface area (Å²) in [6, 6.07) is 8.02. The van der Waals surface area contributed by atoms with Crippen LogP contribution in [0.5, 0.6) is 0 Å². The molecule has 0 aliphatic carbocycles. The van der Waals surface area contributed by atoms with Crippen LogP contribution in [0.15, 0.2) is 30.3 Å². The van der Waals surface area contributed by atoms with Gasteiger partial charge in [-0.2, -0.15) is 0 Å². The van der Waals surface area contributed by atoms with Crippen molar-refractivity contribution in [3.05, 3.63) is 35.9 Å². The normalized spacial score (nSPS) is 16.1. The highest BCUT2D eigenvalue weighted by Gasteiger charge is 2.35. The molecule has 0 unspecified atom stereocenters. The van der Waals surface area contributed by atoms with Crippen LogP contribution in [0.2, 0.25) is 0 Å². The number of hydrogen-bond donors (Lipinski definition) is 2. The fourth-order valence-electron chi connectivity index (χ4n) is 1.95. The molecule has 0 aliphatic heterocycles. The first kappa shape index (κ1) is 16.4. The average Bonchev–Trinajstić information content (AvgIpc) is 2.37. The second-order valence-electron chi connectivity index (χ2n) is 6.25. The maximum Gasteiger partial charge on any atom is 0.256 e. The van der Waals surface area contributed by atoms with Crippen LogP contribution in [0.4, 0.5) is 0 Å². The van der Waals surface area contributed by atoms with Gasteiger partial charge in [0.1, 0.15) is 0 Å². The van der Waals surface area contributed by atoms with Crippen molar-refractivity contribution < 1.29 is 14.7 Å². The quantitative estimate of drug-likeness (QED) is 0.884. The summed E-state index contributed by atoms with van der Waals surface area (Å²) in [5.74, 6) is -0.650. The SMILES string of the molecule is C[C@H](NC(=O)[C@@](C)(O)c1ccccc1)C(=O)C(C)(C)C. The number of ketones is 1. The van der Waals surface area contributed by atoms with Crippen LogP contribution in [-0.4, -0.2) is 22.8 Å². The Morgan fingerprint density at radius 1 is 1.10 bits per heavy atom. The summed E-state index contributed by atoms with van der Waals surface area (Å²) in [5, 5.41) is 13.0. The number of amides is 1. The Morgan fingerprint density at radius 3 is 2.05 bits per heavy atom. The number of rotatable bonds is 4. The van der Waals surface area contributed by atoms with Crippen molar-refractivity contribution in [2.45, 2.75) is 46.3 Å². The molecule has 1 aromatic rings. The zero-order valence-electron chi connectivity index (χ0n) is 12.7. The van der Waals surface area contributed by atoms with Gasteiger partial charge in [-0.1, -0.05) is 51.1 Å². The van der Waals surface area contributed by atoms with Crippen LogP contribution >= 0.6 is 0 Å². The first-order valence-electron chi connectivity index (χ1n) is 6.70. The van der Waals surface area contributed by atoms with Crippen LogP contribution < -0.4 is 5.32 Å². The number of carbonyl (C=O) groups excluding carboxylic acids is 2. The first-order chi connectivity index (χ1) is 9.06. The van der Waals surface area contributed by atoms with Crippen molar-refractivity contribution in [2.24, 2.45) is 5.41 Å². The van der Waals surface area contributed by atoms with Gasteiger partial charge in [-0.05, 0) is 19.4 Å². The van der Waals surface area contributed by atoms with E-state index in [-0.39, 0.29) is 5.78 Å². The Kier molecular flexibility index (Phi) is 4.71. The number of aliphatic hydroxyl groups is 1. The second kappa shape index (κ2) is 5.75. The molecule has 0 heterocycles. The standard InChI is InChI=1S/C16H23NO3/c1-11(13(18)15(2,3)4)17-14(19)16(5,20)12-9-7-6-8-10-12/h6-11,20H,1-5H3,(H,17,19)/t11-,16-/m0/s1. The molecule has 4 heteroatoms. The van der Waals surface area contributed by atoms with E-state index in [1.165, 1.54) is 6.92 Å². The lowest BCUT2D eigenvalue weighted by Gasteiger charge is -2.27. The predicted molar refractivity (Wildman–Crippen MR) is 78.1 cm³/mol. The van der Waals surface area contributed by atoms with Crippen molar-refractivity contribution >= 4 is 11.7 Å². The number of nitrogens with one attached hydrogen (secondary N) is 1. The van der Waals surface area contributed by atoms with Gasteiger partial charge in [0.2, 0.25) is 0 Å². The highest BCUT2D eigenvalue weighted by atomic mass is 16.3. The van der Waals surface area contributed by atoms with E-state index in [2.05, 4.69) is 5.32 Å². The third-order valence-electron chi connectivity index (χ3n) is 3.26. The Labute approximate surface area is 120 Å². The smallest absolute Gasteiger partial charge is 0.256 e. The summed E-state index contributed by atoms with van der Waals surface area (Å²) in [7, 11) is 0. The molecule has 0 fully saturated rings. The van der Waals surface area contributed by atoms with Gasteiger partial charge in [0.15, 0.2) is 11.4 Å². The summed E-state index contributed by atoms with van der Waals surface area (Å²) in [5.41, 5.74) is -1.70. The van der Waals surface area contributed by atoms with Gasteiger partial charge >= 0.3 is 0 Å². The van der Waals surface area contributed by atoms with E-state index >= 15 is 0 Å². The van der Waals surface area contributed by atoms with E-state index in [1.54, 1.807) is 52.0 Å². The molecule has 0 saturated carbocycles. The van der Waals surface area contributed by atoms with E-state index in [1.807, 2.05) is 6.07 Å². The molecule has 0 radical (unpaired) electrons. The van der Waals surface area contributed by atoms with Crippen molar-refractivity contribution in [3.63, 3.8) is 0 Å². The summed E-state index contributed by atoms with van der Waals surface area (Å²) in [4.78, 5) is 24.3. The van der Waals surface area contributed by atoms with Crippen molar-refractivity contribution in [1.82, 2.24) is 5.32 Å². The molecular formula is C16H23NO3. The minimum absolute atomic E-state index is 0.0743. The maximum atomic E-state index is 12.2. The number of Topliss-reactive ketones (excluding diaryl/α,β-unsaturated/α-hetero) is 1. The van der Waals surface area contributed by atoms with Gasteiger partial charge in [0.25, 0.3) is 5.91 Å². The van der Waals surface area contributed by atoms with Gasteiger partial charge in [0.05, 0.1) is 6.04 Å². The molecule has 2 N–H and O–H groups in total. The average molecular weight is 277 g/mol. The first-order valence-corrected chi connectivity index (χ1v) is 6.70. The molecule has 1 aromatic carbocycles. The molecule has 2 atom stereocenters. The fourth-order valence-corrected chi connectivity index (χ4v) is 1.95. The Bertz CT molecular complexity index is 486. The largest absolute Gasteiger partial charge is 0.376 e. The molecule has 0 aliphatic rings. The van der Waals surface area contributed by atoms with Crippen LogP contribution in [0.25, 0.3) is 0 Å². The van der Waals surface area contributed by atoms with E-state index in [4.69, 9.17) is 0 Å². The number of benzene rings is 1. The Morgan fingerprint density at radius 2 is 1.60 bits per heavy atom. The zero-order chi connectivity index (χ0) is 15.6. The van der Waals surface area contributed by atoms with Crippen LogP contribution in [0.1, 0.15) is 40.2 Å². The van der Waals surface area contributed by atoms with Gasteiger partial charge < -0.3 is 10.4 Å². The molecule has 0 saturated heterocycles. The number of carbonyl (C=O) groups is 2. The molecule has 0 bridgehead atoms. The molecule has 20 heavy (non-hydrogen) atoms. The van der Waals surface area contributed by atoms with Crippen molar-refractivity contribution in [2.75, 3.05) is 0 Å². The third kappa shape index (κ3) is 3.67. The highest BCUT2D eigenvalue weighted by Crippen LogP contribution is 2.22. The monoisotopic (exact) mass is 277 g/mol. The minimum atomic E-state index is -1.66. The lowest BCUT2D eigenvalue weighted by Crippen LogP contribution is -2.50. The second-order valence-corrected chi connectivity index (χ2v) is 6.25. The molecule has 0 aromatic heterocycles. The maximum absolute atomic E-state index is 12.2. The van der Waals surface area contributed by atoms with Gasteiger partial charge in [0, 0.05) is 5.41 Å². The lowest BCUT2D eigenvalue weighted by atomic mass is 9.86. The highest BCUT2D eigenvalue weighted by molar-refractivity contribution is 5.94. The summed E-state index contributed by atoms with van der Waals surface area (Å²) in [6.45, 7) is 8.45. The number of hydrogen-bond acceptors (Lipinski definition) is 3. The van der Waals surface area contributed by atoms with Gasteiger partial charge in [-0.25, -0.2) is 0 Å². The zero-order valence-corrected chi connectivity index (χ0v) is 12.7. The van der Waals surface area contributed by atoms with Gasteiger partial charge in [-0.15, -0.1) is 0 Å². The van der Waals surface area contributed by atoms with E-state index in [0.29, 0.717) is 5.56 Å². The molecule has 0 spiro atoms. The molecule has 1 amide bonds. The minimum Gasteiger partial charge on any atom is -0.376 e. The van der Waals surface area contributed by atoms with Crippen molar-refractivity contribution in [3.8, 4) is 0 Å². The topological polar surface area (TPSA) is 66.4 Å². The fraction of sp³-hybridized carbons (Fsp3) is 0.500. The van der Waals surface area contributed by atoms with Crippen LogP contribution in [-0.2, 0) is 15.2 Å². The predicted octanol–water partition coefficient (Wildman–Crippen LogP) is 2.01. The molecule has 110 valence electrons. The van der Waals surface area contributed by atoms with E-state index < -0.39 is 23.0 Å². The van der Waals surface area contributed by atoms with Crippen LogP contribution in [0, 0.1) is 5.41 Å². The van der Waals surface area contributed by atoms with Crippen LogP contribution in [0.3, 0.4) is 0 Å². The molecule has 1 rings (SSSR count). The van der Waals surface area contributed by atoms with Crippen molar-refractivity contribution in [1.29, 1.82) is 0 Å². The summed E-state index contributed by atoms with van der Waals surface area (Å²) >= 11 is 0. The lowest BCUT2D eigenvalue weighted by molar-refractivity contribution is -0.142. The van der Waals surface area contributed by atoms with Gasteiger partial charge in [-0.3, -0.25) is 9.59 Å². The Balaban J connectivity index is 2.84. The van der Waals surface area contributed by atoms with E-state index in [0.717, 1.165) is 0 Å². The molecule has 4 nitrogen and oxygen atoms in total. The summed E-state index contributed by atoms with van der Waals surface area (Å²) in [6.07, 6.45) is 0. The Hall–Kier alpha value is -1.68. The van der Waals surface area contributed by atoms with E-state index in [9.17, 15) is 14.7 Å². The third-order valence-corrected chi connectivity index (χ3v) is 3.26.